The number of nitrogens with one attached hydrogen (secondary N) is 2. The van der Waals surface area contributed by atoms with Gasteiger partial charge in [-0.1, -0.05) is 23.4 Å². The molecule has 102 valence electrons. The maximum absolute atomic E-state index is 6.05. The summed E-state index contributed by atoms with van der Waals surface area (Å²) >= 11 is 7.63. The first kappa shape index (κ1) is 13.4. The predicted octanol–water partition coefficient (Wildman–Crippen LogP) is 2.88. The molecular weight excluding hydrogens is 294 g/mol. The van der Waals surface area contributed by atoms with E-state index in [4.69, 9.17) is 11.6 Å². The smallest absolute Gasteiger partial charge is 0.181 e. The van der Waals surface area contributed by atoms with Crippen molar-refractivity contribution in [2.75, 3.05) is 7.05 Å². The molecule has 3 rings (SSSR count). The summed E-state index contributed by atoms with van der Waals surface area (Å²) in [5.41, 5.74) is 2.66. The number of aromatic amines is 1. The number of H-pyrrole nitrogens is 1. The average molecular weight is 306 g/mol. The van der Waals surface area contributed by atoms with Gasteiger partial charge in [-0.2, -0.15) is 0 Å². The monoisotopic (exact) mass is 305 g/mol. The number of rotatable bonds is 4. The van der Waals surface area contributed by atoms with Crippen molar-refractivity contribution in [3.8, 4) is 0 Å². The highest BCUT2D eigenvalue weighted by Gasteiger charge is 2.10. The van der Waals surface area contributed by atoms with Crippen LogP contribution in [0.5, 0.6) is 0 Å². The summed E-state index contributed by atoms with van der Waals surface area (Å²) in [6, 6.07) is 5.85. The minimum Gasteiger partial charge on any atom is -0.341 e. The molecule has 0 atom stereocenters. The molecule has 0 fully saturated rings. The topological polar surface area (TPSA) is 66.5 Å². The number of hydrogen-bond acceptors (Lipinski definition) is 5. The van der Waals surface area contributed by atoms with Crippen LogP contribution >= 0.6 is 23.4 Å². The van der Waals surface area contributed by atoms with E-state index in [9.17, 15) is 0 Å². The van der Waals surface area contributed by atoms with Gasteiger partial charge in [0.2, 0.25) is 0 Å². The molecule has 0 spiro atoms. The quantitative estimate of drug-likeness (QED) is 0.726. The summed E-state index contributed by atoms with van der Waals surface area (Å²) in [7, 11) is 1.91. The zero-order valence-electron chi connectivity index (χ0n) is 10.7. The molecular formula is C13H12ClN5S. The van der Waals surface area contributed by atoms with Crippen LogP contribution in [0.3, 0.4) is 0 Å². The van der Waals surface area contributed by atoms with E-state index >= 15 is 0 Å². The van der Waals surface area contributed by atoms with Gasteiger partial charge in [-0.15, -0.1) is 0 Å². The number of nitrogens with zero attached hydrogens (tertiary/aromatic N) is 3. The molecule has 0 bridgehead atoms. The third-order valence-electron chi connectivity index (χ3n) is 2.78. The standard InChI is InChI=1S/C13H12ClN5S/c1-15-5-8-4-9(14)2-3-10(8)20-13-11-12(17-6-16-11)18-7-19-13/h2-4,6-7,15H,5H2,1H3,(H,16,17,18,19). The second-order valence-electron chi connectivity index (χ2n) is 4.16. The van der Waals surface area contributed by atoms with Gasteiger partial charge in [-0.3, -0.25) is 0 Å². The van der Waals surface area contributed by atoms with Crippen LogP contribution in [0, 0.1) is 0 Å². The van der Waals surface area contributed by atoms with Crippen LogP contribution < -0.4 is 5.32 Å². The van der Waals surface area contributed by atoms with Gasteiger partial charge in [0, 0.05) is 16.5 Å². The zero-order chi connectivity index (χ0) is 13.9. The van der Waals surface area contributed by atoms with E-state index in [0.29, 0.717) is 5.65 Å². The van der Waals surface area contributed by atoms with Crippen LogP contribution in [0.4, 0.5) is 0 Å². The lowest BCUT2D eigenvalue weighted by Crippen LogP contribution is -2.06. The molecule has 2 heterocycles. The maximum Gasteiger partial charge on any atom is 0.181 e. The van der Waals surface area contributed by atoms with Gasteiger partial charge in [0.1, 0.15) is 16.9 Å². The molecule has 2 N–H and O–H groups in total. The zero-order valence-corrected chi connectivity index (χ0v) is 12.3. The summed E-state index contributed by atoms with van der Waals surface area (Å²) in [5.74, 6) is 0. The molecule has 0 unspecified atom stereocenters. The lowest BCUT2D eigenvalue weighted by molar-refractivity contribution is 0.803. The fourth-order valence-electron chi connectivity index (χ4n) is 1.90. The van der Waals surface area contributed by atoms with E-state index in [2.05, 4.69) is 25.3 Å². The molecule has 0 amide bonds. The Bertz CT molecular complexity index is 742. The third kappa shape index (κ3) is 2.63. The van der Waals surface area contributed by atoms with Gasteiger partial charge in [-0.25, -0.2) is 15.0 Å². The summed E-state index contributed by atoms with van der Waals surface area (Å²) in [6.45, 7) is 0.750. The Hall–Kier alpha value is -1.63. The van der Waals surface area contributed by atoms with E-state index < -0.39 is 0 Å². The second kappa shape index (κ2) is 5.78. The van der Waals surface area contributed by atoms with Crippen molar-refractivity contribution in [1.82, 2.24) is 25.3 Å². The van der Waals surface area contributed by atoms with Crippen molar-refractivity contribution in [3.05, 3.63) is 41.4 Å². The molecule has 0 aliphatic carbocycles. The van der Waals surface area contributed by atoms with E-state index in [-0.39, 0.29) is 0 Å². The van der Waals surface area contributed by atoms with Crippen molar-refractivity contribution in [2.24, 2.45) is 0 Å². The molecule has 0 aliphatic heterocycles. The first-order valence-corrected chi connectivity index (χ1v) is 7.22. The van der Waals surface area contributed by atoms with Crippen molar-refractivity contribution in [1.29, 1.82) is 0 Å². The highest BCUT2D eigenvalue weighted by molar-refractivity contribution is 7.99. The average Bonchev–Trinajstić information content (AvgIpc) is 2.91. The molecule has 0 saturated carbocycles. The van der Waals surface area contributed by atoms with Gasteiger partial charge < -0.3 is 10.3 Å². The van der Waals surface area contributed by atoms with E-state index in [1.54, 1.807) is 18.1 Å². The largest absolute Gasteiger partial charge is 0.341 e. The van der Waals surface area contributed by atoms with Crippen molar-refractivity contribution in [3.63, 3.8) is 0 Å². The van der Waals surface area contributed by atoms with Gasteiger partial charge in [0.25, 0.3) is 0 Å². The molecule has 0 radical (unpaired) electrons. The van der Waals surface area contributed by atoms with Crippen LogP contribution in [0.2, 0.25) is 5.02 Å². The SMILES string of the molecule is CNCc1cc(Cl)ccc1Sc1ncnc2nc[nH]c12. The molecule has 7 heteroatoms. The molecule has 0 aliphatic rings. The van der Waals surface area contributed by atoms with Crippen molar-refractivity contribution in [2.45, 2.75) is 16.5 Å². The molecule has 1 aromatic carbocycles. The Morgan fingerprint density at radius 1 is 1.30 bits per heavy atom. The first-order chi connectivity index (χ1) is 9.78. The molecule has 3 aromatic rings. The molecule has 0 saturated heterocycles. The van der Waals surface area contributed by atoms with Crippen LogP contribution in [0.15, 0.2) is 40.8 Å². The number of aromatic nitrogens is 4. The number of hydrogen-bond donors (Lipinski definition) is 2. The van der Waals surface area contributed by atoms with E-state index in [1.807, 2.05) is 25.2 Å². The number of halogens is 1. The van der Waals surface area contributed by atoms with Crippen LogP contribution in [0.25, 0.3) is 11.2 Å². The number of benzene rings is 1. The molecule has 2 aromatic heterocycles. The van der Waals surface area contributed by atoms with Crippen LogP contribution in [0.1, 0.15) is 5.56 Å². The summed E-state index contributed by atoms with van der Waals surface area (Å²) in [6.07, 6.45) is 3.15. The molecule has 20 heavy (non-hydrogen) atoms. The first-order valence-electron chi connectivity index (χ1n) is 6.03. The predicted molar refractivity (Wildman–Crippen MR) is 80.0 cm³/mol. The fraction of sp³-hybridized carbons (Fsp3) is 0.154. The van der Waals surface area contributed by atoms with E-state index in [1.165, 1.54) is 6.33 Å². The Morgan fingerprint density at radius 3 is 3.05 bits per heavy atom. The highest BCUT2D eigenvalue weighted by Crippen LogP contribution is 2.33. The Balaban J connectivity index is 2.00. The summed E-state index contributed by atoms with van der Waals surface area (Å²) in [5, 5.41) is 4.73. The highest BCUT2D eigenvalue weighted by atomic mass is 35.5. The van der Waals surface area contributed by atoms with Crippen molar-refractivity contribution >= 4 is 34.5 Å². The minimum absolute atomic E-state index is 0.673. The Kier molecular flexibility index (Phi) is 3.86. The lowest BCUT2D eigenvalue weighted by Gasteiger charge is -2.09. The fourth-order valence-corrected chi connectivity index (χ4v) is 3.05. The summed E-state index contributed by atoms with van der Waals surface area (Å²) < 4.78 is 0. The van der Waals surface area contributed by atoms with Crippen molar-refractivity contribution < 1.29 is 0 Å². The van der Waals surface area contributed by atoms with Gasteiger partial charge in [-0.05, 0) is 30.8 Å². The second-order valence-corrected chi connectivity index (χ2v) is 5.63. The Morgan fingerprint density at radius 2 is 2.20 bits per heavy atom. The lowest BCUT2D eigenvalue weighted by atomic mass is 10.2. The Labute approximate surface area is 125 Å². The van der Waals surface area contributed by atoms with Gasteiger partial charge >= 0.3 is 0 Å². The molecule has 5 nitrogen and oxygen atoms in total. The van der Waals surface area contributed by atoms with Crippen LogP contribution in [-0.4, -0.2) is 27.0 Å². The third-order valence-corrected chi connectivity index (χ3v) is 4.14. The number of imidazole rings is 1. The van der Waals surface area contributed by atoms with Gasteiger partial charge in [0.05, 0.1) is 6.33 Å². The maximum atomic E-state index is 6.05. The van der Waals surface area contributed by atoms with Crippen LogP contribution in [-0.2, 0) is 6.54 Å². The number of fused-ring (bicyclic) bond motifs is 1. The van der Waals surface area contributed by atoms with E-state index in [0.717, 1.165) is 32.6 Å². The van der Waals surface area contributed by atoms with Gasteiger partial charge in [0.15, 0.2) is 5.65 Å². The normalized spacial score (nSPS) is 11.1. The minimum atomic E-state index is 0.673. The summed E-state index contributed by atoms with van der Waals surface area (Å²) in [4.78, 5) is 16.8.